The maximum Gasteiger partial charge on any atom is 0.335 e. The van der Waals surface area contributed by atoms with Crippen LogP contribution in [0.4, 0.5) is 0 Å². The Morgan fingerprint density at radius 3 is 1.30 bits per heavy atom. The first-order valence-electron chi connectivity index (χ1n) is 9.58. The Morgan fingerprint density at radius 2 is 0.967 bits per heavy atom. The Kier molecular flexibility index (Phi) is 15.0. The standard InChI is InChI=1S/C21H32O9/c1-7-27-19(22)15(4)10-25-13-18(30-12-17(6)21(24)29-9-3)14-26-11-16(5)20(23)28-8-2/h18H,4-14H2,1-3H3. The van der Waals surface area contributed by atoms with Gasteiger partial charge in [-0.3, -0.25) is 0 Å². The van der Waals surface area contributed by atoms with Gasteiger partial charge in [-0.2, -0.15) is 0 Å². The molecule has 0 unspecified atom stereocenters. The molecule has 0 aromatic rings. The number of carbonyl (C=O) groups is 3. The van der Waals surface area contributed by atoms with Gasteiger partial charge in [-0.05, 0) is 20.8 Å². The van der Waals surface area contributed by atoms with E-state index < -0.39 is 24.0 Å². The van der Waals surface area contributed by atoms with Crippen molar-refractivity contribution < 1.29 is 42.8 Å². The van der Waals surface area contributed by atoms with Crippen molar-refractivity contribution >= 4 is 17.9 Å². The van der Waals surface area contributed by atoms with E-state index in [0.29, 0.717) is 0 Å². The van der Waals surface area contributed by atoms with Crippen molar-refractivity contribution in [3.05, 3.63) is 36.5 Å². The molecule has 0 radical (unpaired) electrons. The van der Waals surface area contributed by atoms with Gasteiger partial charge in [-0.25, -0.2) is 14.4 Å². The molecule has 0 rings (SSSR count). The number of ether oxygens (including phenoxy) is 6. The van der Waals surface area contributed by atoms with E-state index >= 15 is 0 Å². The zero-order valence-corrected chi connectivity index (χ0v) is 18.0. The second-order valence-corrected chi connectivity index (χ2v) is 5.94. The minimum atomic E-state index is -0.624. The fourth-order valence-corrected chi connectivity index (χ4v) is 1.87. The molecule has 0 N–H and O–H groups in total. The van der Waals surface area contributed by atoms with Gasteiger partial charge in [-0.1, -0.05) is 19.7 Å². The molecule has 0 aliphatic heterocycles. The van der Waals surface area contributed by atoms with Crippen LogP contribution >= 0.6 is 0 Å². The molecule has 0 atom stereocenters. The van der Waals surface area contributed by atoms with Crippen LogP contribution in [-0.4, -0.2) is 76.9 Å². The van der Waals surface area contributed by atoms with E-state index in [2.05, 4.69) is 19.7 Å². The van der Waals surface area contributed by atoms with Crippen LogP contribution in [0.2, 0.25) is 0 Å². The molecule has 0 saturated heterocycles. The first kappa shape index (κ1) is 27.5. The second kappa shape index (κ2) is 16.3. The Morgan fingerprint density at radius 1 is 0.633 bits per heavy atom. The van der Waals surface area contributed by atoms with Crippen LogP contribution < -0.4 is 0 Å². The summed E-state index contributed by atoms with van der Waals surface area (Å²) >= 11 is 0. The van der Waals surface area contributed by atoms with Crippen LogP contribution in [0.3, 0.4) is 0 Å². The molecule has 0 aromatic carbocycles. The molecule has 0 fully saturated rings. The highest BCUT2D eigenvalue weighted by molar-refractivity contribution is 5.88. The fourth-order valence-electron chi connectivity index (χ4n) is 1.87. The number of hydrogen-bond acceptors (Lipinski definition) is 9. The van der Waals surface area contributed by atoms with E-state index in [4.69, 9.17) is 28.4 Å². The van der Waals surface area contributed by atoms with E-state index in [1.54, 1.807) is 20.8 Å². The van der Waals surface area contributed by atoms with Crippen molar-refractivity contribution in [2.24, 2.45) is 0 Å². The van der Waals surface area contributed by atoms with Gasteiger partial charge < -0.3 is 28.4 Å². The average molecular weight is 428 g/mol. The molecular weight excluding hydrogens is 396 g/mol. The molecule has 0 aromatic heterocycles. The molecule has 0 amide bonds. The van der Waals surface area contributed by atoms with Crippen molar-refractivity contribution in [1.29, 1.82) is 0 Å². The minimum absolute atomic E-state index is 0.0282. The minimum Gasteiger partial charge on any atom is -0.463 e. The Bertz CT molecular complexity index is 574. The van der Waals surface area contributed by atoms with Crippen LogP contribution in [-0.2, 0) is 42.8 Å². The lowest BCUT2D eigenvalue weighted by molar-refractivity contribution is -0.141. The molecule has 0 spiro atoms. The van der Waals surface area contributed by atoms with Gasteiger partial charge in [0.25, 0.3) is 0 Å². The molecule has 30 heavy (non-hydrogen) atoms. The van der Waals surface area contributed by atoms with Crippen LogP contribution in [0.25, 0.3) is 0 Å². The highest BCUT2D eigenvalue weighted by Gasteiger charge is 2.17. The lowest BCUT2D eigenvalue weighted by atomic mass is 10.3. The third kappa shape index (κ3) is 12.2. The summed E-state index contributed by atoms with van der Waals surface area (Å²) in [5, 5.41) is 0. The van der Waals surface area contributed by atoms with E-state index in [1.807, 2.05) is 0 Å². The lowest BCUT2D eigenvalue weighted by Gasteiger charge is -2.19. The fraction of sp³-hybridized carbons (Fsp3) is 0.571. The summed E-state index contributed by atoms with van der Waals surface area (Å²) in [7, 11) is 0. The number of hydrogen-bond donors (Lipinski definition) is 0. The van der Waals surface area contributed by atoms with Gasteiger partial charge in [-0.15, -0.1) is 0 Å². The number of carbonyl (C=O) groups excluding carboxylic acids is 3. The third-order valence-electron chi connectivity index (χ3n) is 3.35. The predicted octanol–water partition coefficient (Wildman–Crippen LogP) is 1.76. The summed E-state index contributed by atoms with van der Waals surface area (Å²) in [5.41, 5.74) is 0.444. The predicted molar refractivity (Wildman–Crippen MR) is 109 cm³/mol. The molecule has 9 heteroatoms. The summed E-state index contributed by atoms with van der Waals surface area (Å²) in [6.07, 6.45) is -0.624. The van der Waals surface area contributed by atoms with Gasteiger partial charge in [0.05, 0.1) is 69.6 Å². The summed E-state index contributed by atoms with van der Waals surface area (Å²) in [6, 6.07) is 0. The third-order valence-corrected chi connectivity index (χ3v) is 3.35. The van der Waals surface area contributed by atoms with Crippen LogP contribution in [0, 0.1) is 0 Å². The molecule has 0 heterocycles. The van der Waals surface area contributed by atoms with Crippen LogP contribution in [0.5, 0.6) is 0 Å². The zero-order chi connectivity index (χ0) is 22.9. The van der Waals surface area contributed by atoms with E-state index in [-0.39, 0.29) is 69.6 Å². The summed E-state index contributed by atoms with van der Waals surface area (Å²) in [5.74, 6) is -1.66. The Hall–Kier alpha value is -2.49. The molecule has 0 bridgehead atoms. The topological polar surface area (TPSA) is 107 Å². The van der Waals surface area contributed by atoms with Crippen LogP contribution in [0.15, 0.2) is 36.5 Å². The average Bonchev–Trinajstić information content (AvgIpc) is 2.71. The summed E-state index contributed by atoms with van der Waals surface area (Å²) < 4.78 is 31.0. The Labute approximate surface area is 177 Å². The van der Waals surface area contributed by atoms with E-state index in [9.17, 15) is 14.4 Å². The zero-order valence-electron chi connectivity index (χ0n) is 18.0. The molecule has 0 aliphatic rings. The highest BCUT2D eigenvalue weighted by Crippen LogP contribution is 2.05. The second-order valence-electron chi connectivity index (χ2n) is 5.94. The molecule has 170 valence electrons. The highest BCUT2D eigenvalue weighted by atomic mass is 16.6. The smallest absolute Gasteiger partial charge is 0.335 e. The van der Waals surface area contributed by atoms with Crippen molar-refractivity contribution in [2.45, 2.75) is 26.9 Å². The first-order chi connectivity index (χ1) is 14.3. The molecule has 9 nitrogen and oxygen atoms in total. The van der Waals surface area contributed by atoms with Crippen molar-refractivity contribution in [1.82, 2.24) is 0 Å². The van der Waals surface area contributed by atoms with Gasteiger partial charge in [0.15, 0.2) is 0 Å². The number of rotatable bonds is 17. The number of esters is 3. The quantitative estimate of drug-likeness (QED) is 0.195. The monoisotopic (exact) mass is 428 g/mol. The summed E-state index contributed by atoms with van der Waals surface area (Å²) in [4.78, 5) is 34.8. The van der Waals surface area contributed by atoms with Gasteiger partial charge in [0.2, 0.25) is 0 Å². The van der Waals surface area contributed by atoms with Crippen LogP contribution in [0.1, 0.15) is 20.8 Å². The lowest BCUT2D eigenvalue weighted by Crippen LogP contribution is -2.29. The van der Waals surface area contributed by atoms with Crippen molar-refractivity contribution in [2.75, 3.05) is 52.9 Å². The van der Waals surface area contributed by atoms with E-state index in [1.165, 1.54) is 0 Å². The first-order valence-corrected chi connectivity index (χ1v) is 9.58. The van der Waals surface area contributed by atoms with Crippen molar-refractivity contribution in [3.8, 4) is 0 Å². The van der Waals surface area contributed by atoms with Gasteiger partial charge in [0.1, 0.15) is 6.10 Å². The molecule has 0 aliphatic carbocycles. The normalized spacial score (nSPS) is 10.4. The molecule has 0 saturated carbocycles. The van der Waals surface area contributed by atoms with Crippen molar-refractivity contribution in [3.63, 3.8) is 0 Å². The van der Waals surface area contributed by atoms with E-state index in [0.717, 1.165) is 0 Å². The SMILES string of the molecule is C=C(COCC(COCC(=C)C(=O)OCC)OCC(=C)C(=O)OCC)C(=O)OCC. The Balaban J connectivity index is 4.63. The summed E-state index contributed by atoms with van der Waals surface area (Å²) in [6.45, 7) is 16.4. The molecular formula is C21H32O9. The van der Waals surface area contributed by atoms with Gasteiger partial charge in [0, 0.05) is 0 Å². The maximum atomic E-state index is 11.6. The largest absolute Gasteiger partial charge is 0.463 e. The van der Waals surface area contributed by atoms with Gasteiger partial charge >= 0.3 is 17.9 Å². The maximum absolute atomic E-state index is 11.6.